The van der Waals surface area contributed by atoms with Gasteiger partial charge in [-0.05, 0) is 45.6 Å². The number of nitrogens with one attached hydrogen (secondary N) is 1. The normalized spacial score (nSPS) is 25.0. The third kappa shape index (κ3) is 3.14. The number of hydrogen-bond acceptors (Lipinski definition) is 2. The summed E-state index contributed by atoms with van der Waals surface area (Å²) < 4.78 is 2.33. The maximum atomic E-state index is 12.5. The van der Waals surface area contributed by atoms with Gasteiger partial charge in [-0.1, -0.05) is 19.3 Å². The van der Waals surface area contributed by atoms with E-state index in [1.54, 1.807) is 0 Å². The Labute approximate surface area is 137 Å². The van der Waals surface area contributed by atoms with E-state index in [1.165, 1.54) is 32.1 Å². The third-order valence-electron chi connectivity index (χ3n) is 5.49. The Hall–Kier alpha value is -1.78. The van der Waals surface area contributed by atoms with Crippen LogP contribution in [0.1, 0.15) is 72.7 Å². The molecule has 2 aliphatic carbocycles. The van der Waals surface area contributed by atoms with Gasteiger partial charge in [-0.2, -0.15) is 0 Å². The molecular weight excluding hydrogens is 292 g/mol. The first-order chi connectivity index (χ1) is 11.0. The minimum atomic E-state index is -0.758. The molecule has 0 aromatic carbocycles. The van der Waals surface area contributed by atoms with Gasteiger partial charge in [-0.3, -0.25) is 9.59 Å². The number of carboxylic acid groups (broad SMARTS) is 1. The quantitative estimate of drug-likeness (QED) is 0.895. The van der Waals surface area contributed by atoms with Crippen molar-refractivity contribution < 1.29 is 14.7 Å². The molecule has 1 amide bonds. The highest BCUT2D eigenvalue weighted by Crippen LogP contribution is 2.33. The summed E-state index contributed by atoms with van der Waals surface area (Å²) in [6, 6.07) is 2.50. The van der Waals surface area contributed by atoms with E-state index in [4.69, 9.17) is 5.11 Å². The van der Waals surface area contributed by atoms with Crippen molar-refractivity contribution in [3.63, 3.8) is 0 Å². The number of carbonyl (C=O) groups is 2. The highest BCUT2D eigenvalue weighted by molar-refractivity contribution is 5.96. The minimum absolute atomic E-state index is 0.00124. The molecule has 2 fully saturated rings. The van der Waals surface area contributed by atoms with Gasteiger partial charge in [-0.15, -0.1) is 0 Å². The Morgan fingerprint density at radius 2 is 1.83 bits per heavy atom. The molecule has 3 rings (SSSR count). The van der Waals surface area contributed by atoms with Crippen LogP contribution in [0.15, 0.2) is 6.07 Å². The summed E-state index contributed by atoms with van der Waals surface area (Å²) in [7, 11) is 0. The summed E-state index contributed by atoms with van der Waals surface area (Å²) in [6.07, 6.45) is 7.32. The molecule has 1 heterocycles. The largest absolute Gasteiger partial charge is 0.481 e. The molecule has 0 spiro atoms. The van der Waals surface area contributed by atoms with Crippen molar-refractivity contribution in [2.24, 2.45) is 5.92 Å². The number of amides is 1. The zero-order chi connectivity index (χ0) is 16.6. The summed E-state index contributed by atoms with van der Waals surface area (Å²) >= 11 is 0. The average molecular weight is 318 g/mol. The number of carboxylic acids is 1. The molecule has 23 heavy (non-hydrogen) atoms. The molecule has 2 aliphatic rings. The van der Waals surface area contributed by atoms with Gasteiger partial charge in [0, 0.05) is 23.5 Å². The van der Waals surface area contributed by atoms with E-state index < -0.39 is 5.97 Å². The smallest absolute Gasteiger partial charge is 0.306 e. The molecule has 2 N–H and O–H groups in total. The summed E-state index contributed by atoms with van der Waals surface area (Å²) in [5.74, 6) is -1.12. The van der Waals surface area contributed by atoms with Crippen LogP contribution in [0.3, 0.4) is 0 Å². The second kappa shape index (κ2) is 6.38. The monoisotopic (exact) mass is 318 g/mol. The van der Waals surface area contributed by atoms with E-state index in [-0.39, 0.29) is 17.9 Å². The molecule has 5 heteroatoms. The van der Waals surface area contributed by atoms with Crippen molar-refractivity contribution in [2.45, 2.75) is 70.9 Å². The lowest BCUT2D eigenvalue weighted by Gasteiger charge is -2.32. The summed E-state index contributed by atoms with van der Waals surface area (Å²) in [5.41, 5.74) is 2.93. The SMILES string of the molecule is Cc1cc(C(=O)NC2CC(C(=O)O)C2)c(C)n1C1CCCCC1. The molecule has 0 bridgehead atoms. The zero-order valence-electron chi connectivity index (χ0n) is 14.0. The Bertz CT molecular complexity index is 608. The molecule has 0 atom stereocenters. The predicted molar refractivity (Wildman–Crippen MR) is 87.6 cm³/mol. The Morgan fingerprint density at radius 3 is 2.43 bits per heavy atom. The van der Waals surface area contributed by atoms with Gasteiger partial charge < -0.3 is 15.0 Å². The maximum Gasteiger partial charge on any atom is 0.306 e. The van der Waals surface area contributed by atoms with Gasteiger partial charge in [0.15, 0.2) is 0 Å². The number of rotatable bonds is 4. The van der Waals surface area contributed by atoms with Gasteiger partial charge in [0.1, 0.15) is 0 Å². The van der Waals surface area contributed by atoms with E-state index in [9.17, 15) is 9.59 Å². The molecule has 0 aliphatic heterocycles. The van der Waals surface area contributed by atoms with Crippen LogP contribution in [-0.4, -0.2) is 27.6 Å². The van der Waals surface area contributed by atoms with Crippen LogP contribution < -0.4 is 5.32 Å². The van der Waals surface area contributed by atoms with Gasteiger partial charge in [0.2, 0.25) is 0 Å². The van der Waals surface area contributed by atoms with E-state index >= 15 is 0 Å². The average Bonchev–Trinajstić information content (AvgIpc) is 2.78. The standard InChI is InChI=1S/C18H26N2O3/c1-11-8-16(12(2)20(11)15-6-4-3-5-7-15)17(21)19-14-9-13(10-14)18(22)23/h8,13-15H,3-7,9-10H2,1-2H3,(H,19,21)(H,22,23). The molecule has 0 unspecified atom stereocenters. The first-order valence-corrected chi connectivity index (χ1v) is 8.69. The third-order valence-corrected chi connectivity index (χ3v) is 5.49. The lowest BCUT2D eigenvalue weighted by atomic mass is 9.80. The number of nitrogens with zero attached hydrogens (tertiary/aromatic N) is 1. The van der Waals surface area contributed by atoms with Crippen LogP contribution in [0.5, 0.6) is 0 Å². The lowest BCUT2D eigenvalue weighted by Crippen LogP contribution is -2.46. The van der Waals surface area contributed by atoms with Crippen LogP contribution in [0.25, 0.3) is 0 Å². The Kier molecular flexibility index (Phi) is 4.46. The fourth-order valence-electron chi connectivity index (χ4n) is 4.11. The molecule has 1 aromatic heterocycles. The Balaban J connectivity index is 1.68. The van der Waals surface area contributed by atoms with Crippen molar-refractivity contribution >= 4 is 11.9 Å². The predicted octanol–water partition coefficient (Wildman–Crippen LogP) is 3.20. The van der Waals surface area contributed by atoms with Gasteiger partial charge in [0.05, 0.1) is 11.5 Å². The number of carbonyl (C=O) groups excluding carboxylic acids is 1. The summed E-state index contributed by atoms with van der Waals surface area (Å²) in [6.45, 7) is 4.10. The highest BCUT2D eigenvalue weighted by Gasteiger charge is 2.35. The van der Waals surface area contributed by atoms with Crippen molar-refractivity contribution in [2.75, 3.05) is 0 Å². The number of aliphatic carboxylic acids is 1. The van der Waals surface area contributed by atoms with Crippen molar-refractivity contribution in [1.29, 1.82) is 0 Å². The molecule has 0 radical (unpaired) electrons. The fourth-order valence-corrected chi connectivity index (χ4v) is 4.11. The van der Waals surface area contributed by atoms with E-state index in [0.717, 1.165) is 17.0 Å². The minimum Gasteiger partial charge on any atom is -0.481 e. The van der Waals surface area contributed by atoms with Crippen molar-refractivity contribution in [1.82, 2.24) is 9.88 Å². The number of aryl methyl sites for hydroxylation is 1. The van der Waals surface area contributed by atoms with Crippen LogP contribution in [0.2, 0.25) is 0 Å². The molecule has 126 valence electrons. The lowest BCUT2D eigenvalue weighted by molar-refractivity contribution is -0.145. The van der Waals surface area contributed by atoms with Crippen LogP contribution in [0, 0.1) is 19.8 Å². The topological polar surface area (TPSA) is 71.3 Å². The highest BCUT2D eigenvalue weighted by atomic mass is 16.4. The first-order valence-electron chi connectivity index (χ1n) is 8.69. The van der Waals surface area contributed by atoms with Crippen molar-refractivity contribution in [3.8, 4) is 0 Å². The fraction of sp³-hybridized carbons (Fsp3) is 0.667. The first kappa shape index (κ1) is 16.1. The van der Waals surface area contributed by atoms with Crippen LogP contribution >= 0.6 is 0 Å². The molecule has 2 saturated carbocycles. The maximum absolute atomic E-state index is 12.5. The number of aromatic nitrogens is 1. The molecule has 0 saturated heterocycles. The zero-order valence-corrected chi connectivity index (χ0v) is 14.0. The molecule has 5 nitrogen and oxygen atoms in total. The van der Waals surface area contributed by atoms with E-state index in [1.807, 2.05) is 13.0 Å². The van der Waals surface area contributed by atoms with E-state index in [2.05, 4.69) is 16.8 Å². The van der Waals surface area contributed by atoms with Crippen molar-refractivity contribution in [3.05, 3.63) is 23.0 Å². The second-order valence-electron chi connectivity index (χ2n) is 7.12. The van der Waals surface area contributed by atoms with Gasteiger partial charge in [-0.25, -0.2) is 0 Å². The van der Waals surface area contributed by atoms with E-state index in [0.29, 0.717) is 18.9 Å². The van der Waals surface area contributed by atoms with Crippen LogP contribution in [-0.2, 0) is 4.79 Å². The summed E-state index contributed by atoms with van der Waals surface area (Å²) in [5, 5.41) is 11.9. The molecule has 1 aromatic rings. The number of hydrogen-bond donors (Lipinski definition) is 2. The molecular formula is C18H26N2O3. The summed E-state index contributed by atoms with van der Waals surface area (Å²) in [4.78, 5) is 23.4. The van der Waals surface area contributed by atoms with Crippen LogP contribution in [0.4, 0.5) is 0 Å². The Morgan fingerprint density at radius 1 is 1.17 bits per heavy atom. The van der Waals surface area contributed by atoms with Gasteiger partial charge in [0.25, 0.3) is 5.91 Å². The second-order valence-corrected chi connectivity index (χ2v) is 7.12. The van der Waals surface area contributed by atoms with Gasteiger partial charge >= 0.3 is 5.97 Å².